The molecule has 4 N–H and O–H groups in total. The van der Waals surface area contributed by atoms with Gasteiger partial charge in [-0.2, -0.15) is 0 Å². The van der Waals surface area contributed by atoms with Crippen LogP contribution in [0.4, 0.5) is 32.3 Å². The molecule has 0 atom stereocenters. The fourth-order valence-corrected chi connectivity index (χ4v) is 6.06. The van der Waals surface area contributed by atoms with Crippen LogP contribution in [-0.4, -0.2) is 48.4 Å². The Morgan fingerprint density at radius 1 is 0.431 bits per heavy atom. The first-order chi connectivity index (χ1) is 27.6. The maximum Gasteiger partial charge on any atom is 0.412 e. The molecule has 0 heterocycles. The van der Waals surface area contributed by atoms with Crippen molar-refractivity contribution in [2.75, 3.05) is 34.5 Å². The summed E-state index contributed by atoms with van der Waals surface area (Å²) in [6.45, 7) is 10.1. The Morgan fingerprint density at radius 2 is 0.759 bits per heavy atom. The van der Waals surface area contributed by atoms with Gasteiger partial charge in [0, 0.05) is 33.9 Å². The molecule has 0 fully saturated rings. The maximum absolute atomic E-state index is 13.2. The average Bonchev–Trinajstić information content (AvgIpc) is 3.16. The highest BCUT2D eigenvalue weighted by molar-refractivity contribution is 6.10. The van der Waals surface area contributed by atoms with Crippen LogP contribution in [-0.2, 0) is 19.1 Å². The van der Waals surface area contributed by atoms with Gasteiger partial charge in [0.05, 0.1) is 0 Å². The molecule has 12 heteroatoms. The van der Waals surface area contributed by atoms with Crippen molar-refractivity contribution in [3.63, 3.8) is 0 Å². The fraction of sp³-hybridized carbons (Fsp3) is 0.217. The number of fused-ring (bicyclic) bond motifs is 2. The second-order valence-corrected chi connectivity index (χ2v) is 15.4. The van der Waals surface area contributed by atoms with Crippen LogP contribution in [0.25, 0.3) is 32.7 Å². The Balaban J connectivity index is 1.20. The van der Waals surface area contributed by atoms with Crippen LogP contribution in [0.5, 0.6) is 11.5 Å². The molecule has 58 heavy (non-hydrogen) atoms. The van der Waals surface area contributed by atoms with Crippen molar-refractivity contribution in [3.8, 4) is 22.6 Å². The largest absolute Gasteiger partial charge is 0.483 e. The summed E-state index contributed by atoms with van der Waals surface area (Å²) in [5.41, 5.74) is 2.17. The lowest BCUT2D eigenvalue weighted by molar-refractivity contribution is -0.118. The minimum atomic E-state index is -0.637. The van der Waals surface area contributed by atoms with Gasteiger partial charge >= 0.3 is 12.2 Å². The molecular formula is C46H46N4O8. The predicted molar refractivity (Wildman–Crippen MR) is 228 cm³/mol. The molecular weight excluding hydrogens is 737 g/mol. The van der Waals surface area contributed by atoms with E-state index in [-0.39, 0.29) is 13.2 Å². The lowest BCUT2D eigenvalue weighted by Crippen LogP contribution is -2.27. The second kappa shape index (κ2) is 17.4. The van der Waals surface area contributed by atoms with E-state index in [9.17, 15) is 19.2 Å². The molecule has 0 saturated heterocycles. The van der Waals surface area contributed by atoms with E-state index in [1.165, 1.54) is 0 Å². The first-order valence-electron chi connectivity index (χ1n) is 18.7. The summed E-state index contributed by atoms with van der Waals surface area (Å²) >= 11 is 0. The molecule has 6 aromatic carbocycles. The number of amides is 4. The SMILES string of the molecule is CC(C)(C)OC(=O)Nc1ccc(NC(=O)COc2ccc3ccccc3c2-c2c(OCC(=O)Nc3ccc(NC(=O)OC(C)(C)C)cc3)ccc3ccccc23)cc1. The van der Waals surface area contributed by atoms with Crippen LogP contribution >= 0.6 is 0 Å². The summed E-state index contributed by atoms with van der Waals surface area (Å²) in [7, 11) is 0. The smallest absolute Gasteiger partial charge is 0.412 e. The van der Waals surface area contributed by atoms with Gasteiger partial charge in [-0.1, -0.05) is 60.7 Å². The second-order valence-electron chi connectivity index (χ2n) is 15.4. The zero-order valence-electron chi connectivity index (χ0n) is 33.2. The molecule has 6 rings (SSSR count). The van der Waals surface area contributed by atoms with Gasteiger partial charge < -0.3 is 29.6 Å². The van der Waals surface area contributed by atoms with Gasteiger partial charge in [0.1, 0.15) is 22.7 Å². The van der Waals surface area contributed by atoms with E-state index < -0.39 is 35.2 Å². The van der Waals surface area contributed by atoms with Crippen molar-refractivity contribution in [2.45, 2.75) is 52.7 Å². The highest BCUT2D eigenvalue weighted by atomic mass is 16.6. The first kappa shape index (κ1) is 40.6. The minimum absolute atomic E-state index is 0.307. The molecule has 0 unspecified atom stereocenters. The topological polar surface area (TPSA) is 153 Å². The molecule has 0 radical (unpaired) electrons. The number of benzene rings is 6. The summed E-state index contributed by atoms with van der Waals surface area (Å²) < 4.78 is 23.1. The molecule has 0 aliphatic heterocycles. The molecule has 0 spiro atoms. The Bertz CT molecular complexity index is 2280. The molecule has 0 bridgehead atoms. The average molecular weight is 783 g/mol. The van der Waals surface area contributed by atoms with E-state index in [1.807, 2.05) is 72.8 Å². The monoisotopic (exact) mass is 782 g/mol. The van der Waals surface area contributed by atoms with Crippen molar-refractivity contribution in [1.29, 1.82) is 0 Å². The number of carbonyl (C=O) groups is 4. The van der Waals surface area contributed by atoms with Crippen LogP contribution in [0.3, 0.4) is 0 Å². The maximum atomic E-state index is 13.2. The first-order valence-corrected chi connectivity index (χ1v) is 18.7. The van der Waals surface area contributed by atoms with Crippen molar-refractivity contribution in [2.24, 2.45) is 0 Å². The minimum Gasteiger partial charge on any atom is -0.483 e. The van der Waals surface area contributed by atoms with E-state index in [1.54, 1.807) is 90.1 Å². The highest BCUT2D eigenvalue weighted by Crippen LogP contribution is 2.45. The van der Waals surface area contributed by atoms with Gasteiger partial charge in [0.2, 0.25) is 0 Å². The van der Waals surface area contributed by atoms with Crippen LogP contribution in [0.15, 0.2) is 121 Å². The number of anilines is 4. The number of carbonyl (C=O) groups excluding carboxylic acids is 4. The molecule has 0 saturated carbocycles. The van der Waals surface area contributed by atoms with Crippen LogP contribution in [0.2, 0.25) is 0 Å². The quantitative estimate of drug-likeness (QED) is 0.101. The third-order valence-corrected chi connectivity index (χ3v) is 8.38. The number of nitrogens with one attached hydrogen (secondary N) is 4. The fourth-order valence-electron chi connectivity index (χ4n) is 6.06. The van der Waals surface area contributed by atoms with Gasteiger partial charge in [-0.05, 0) is 124 Å². The zero-order chi connectivity index (χ0) is 41.5. The van der Waals surface area contributed by atoms with E-state index in [0.717, 1.165) is 21.5 Å². The van der Waals surface area contributed by atoms with Crippen LogP contribution in [0, 0.1) is 0 Å². The van der Waals surface area contributed by atoms with Crippen LogP contribution in [0.1, 0.15) is 41.5 Å². The molecule has 6 aromatic rings. The van der Waals surface area contributed by atoms with E-state index in [0.29, 0.717) is 45.4 Å². The number of rotatable bonds is 11. The van der Waals surface area contributed by atoms with Gasteiger partial charge in [0.25, 0.3) is 11.8 Å². The van der Waals surface area contributed by atoms with Crippen molar-refractivity contribution in [3.05, 3.63) is 121 Å². The third-order valence-electron chi connectivity index (χ3n) is 8.38. The van der Waals surface area contributed by atoms with Gasteiger partial charge in [-0.3, -0.25) is 20.2 Å². The molecule has 0 aliphatic carbocycles. The molecule has 4 amide bonds. The van der Waals surface area contributed by atoms with E-state index >= 15 is 0 Å². The number of ether oxygens (including phenoxy) is 4. The van der Waals surface area contributed by atoms with Crippen LogP contribution < -0.4 is 30.7 Å². The summed E-state index contributed by atoms with van der Waals surface area (Å²) in [6, 6.07) is 36.5. The van der Waals surface area contributed by atoms with E-state index in [2.05, 4.69) is 21.3 Å². The van der Waals surface area contributed by atoms with Gasteiger partial charge in [-0.15, -0.1) is 0 Å². The zero-order valence-corrected chi connectivity index (χ0v) is 33.2. The Labute approximate surface area is 336 Å². The Morgan fingerprint density at radius 3 is 1.10 bits per heavy atom. The molecule has 12 nitrogen and oxygen atoms in total. The Hall–Kier alpha value is -7.08. The van der Waals surface area contributed by atoms with Gasteiger partial charge in [-0.25, -0.2) is 9.59 Å². The summed E-state index contributed by atoms with van der Waals surface area (Å²) in [5, 5.41) is 14.6. The molecule has 298 valence electrons. The predicted octanol–water partition coefficient (Wildman–Crippen LogP) is 10.4. The third kappa shape index (κ3) is 11.0. The standard InChI is InChI=1S/C46H46N4O8/c1-45(2,3)57-43(53)49-33-21-17-31(18-22-33)47-39(51)27-55-37-25-15-29-11-7-9-13-35(29)41(37)42-36-14-10-8-12-30(36)16-26-38(42)56-28-40(52)48-32-19-23-34(24-20-32)50-44(54)58-46(4,5)6/h7-26H,27-28H2,1-6H3,(H,47,51)(H,48,52)(H,49,53)(H,50,54). The normalized spacial score (nSPS) is 11.3. The van der Waals surface area contributed by atoms with Crippen molar-refractivity contribution >= 4 is 68.3 Å². The molecule has 0 aromatic heterocycles. The summed E-state index contributed by atoms with van der Waals surface area (Å²) in [5.74, 6) is 0.0892. The lowest BCUT2D eigenvalue weighted by Gasteiger charge is -2.20. The Kier molecular flexibility index (Phi) is 12.2. The lowest BCUT2D eigenvalue weighted by atomic mass is 9.92. The van der Waals surface area contributed by atoms with E-state index in [4.69, 9.17) is 18.9 Å². The number of hydrogen-bond donors (Lipinski definition) is 4. The summed E-state index contributed by atoms with van der Waals surface area (Å²) in [6.07, 6.45) is -1.16. The van der Waals surface area contributed by atoms with Crippen molar-refractivity contribution < 1.29 is 38.1 Å². The number of hydrogen-bond acceptors (Lipinski definition) is 8. The van der Waals surface area contributed by atoms with Crippen molar-refractivity contribution in [1.82, 2.24) is 0 Å². The molecule has 0 aliphatic rings. The summed E-state index contributed by atoms with van der Waals surface area (Å²) in [4.78, 5) is 50.7. The van der Waals surface area contributed by atoms with Gasteiger partial charge in [0.15, 0.2) is 13.2 Å². The highest BCUT2D eigenvalue weighted by Gasteiger charge is 2.21.